The van der Waals surface area contributed by atoms with Crippen LogP contribution < -0.4 is 5.32 Å². The summed E-state index contributed by atoms with van der Waals surface area (Å²) in [6.07, 6.45) is 9.74. The Bertz CT molecular complexity index is 397. The second-order valence-electron chi connectivity index (χ2n) is 7.84. The Morgan fingerprint density at radius 2 is 1.75 bits per heavy atom. The van der Waals surface area contributed by atoms with Crippen LogP contribution in [0, 0.1) is 11.8 Å². The summed E-state index contributed by atoms with van der Waals surface area (Å²) < 4.78 is 5.26. The Balaban J connectivity index is 1.59. The summed E-state index contributed by atoms with van der Waals surface area (Å²) in [6.45, 7) is 5.87. The molecule has 1 saturated carbocycles. The molecule has 0 bridgehead atoms. The van der Waals surface area contributed by atoms with Crippen LogP contribution in [0.4, 0.5) is 4.79 Å². The van der Waals surface area contributed by atoms with Crippen molar-refractivity contribution >= 4 is 12.0 Å². The highest BCUT2D eigenvalue weighted by molar-refractivity contribution is 5.76. The van der Waals surface area contributed by atoms with Gasteiger partial charge >= 0.3 is 6.09 Å². The molecular weight excluding hydrogens is 304 g/mol. The summed E-state index contributed by atoms with van der Waals surface area (Å²) in [5.41, 5.74) is 0. The molecule has 0 aromatic carbocycles. The summed E-state index contributed by atoms with van der Waals surface area (Å²) in [7, 11) is 0. The topological polar surface area (TPSA) is 58.6 Å². The number of ether oxygens (including phenoxy) is 1. The number of hydrogen-bond acceptors (Lipinski definition) is 3. The standard InChI is InChI=1S/C19H34N2O3/c1-15(2)14-24-19(23)21-12-10-17(11-13-21)20-18(22)9-8-16-6-4-3-5-7-16/h15-17H,3-14H2,1-2H3,(H,20,22). The number of likely N-dealkylation sites (tertiary alicyclic amines) is 1. The highest BCUT2D eigenvalue weighted by atomic mass is 16.6. The molecule has 5 nitrogen and oxygen atoms in total. The Morgan fingerprint density at radius 3 is 2.38 bits per heavy atom. The van der Waals surface area contributed by atoms with Gasteiger partial charge in [-0.2, -0.15) is 0 Å². The van der Waals surface area contributed by atoms with Crippen LogP contribution in [0.5, 0.6) is 0 Å². The average molecular weight is 338 g/mol. The van der Waals surface area contributed by atoms with Crippen LogP contribution in [0.25, 0.3) is 0 Å². The molecule has 0 aromatic heterocycles. The van der Waals surface area contributed by atoms with E-state index < -0.39 is 0 Å². The van der Waals surface area contributed by atoms with Gasteiger partial charge in [0.15, 0.2) is 0 Å². The molecule has 0 spiro atoms. The molecule has 138 valence electrons. The zero-order valence-corrected chi connectivity index (χ0v) is 15.4. The second kappa shape index (κ2) is 9.90. The Labute approximate surface area is 146 Å². The molecule has 2 rings (SSSR count). The first-order valence-electron chi connectivity index (χ1n) is 9.75. The number of amides is 2. The van der Waals surface area contributed by atoms with Crippen molar-refractivity contribution < 1.29 is 14.3 Å². The average Bonchev–Trinajstić information content (AvgIpc) is 2.59. The predicted octanol–water partition coefficient (Wildman–Crippen LogP) is 3.72. The molecule has 0 unspecified atom stereocenters. The van der Waals surface area contributed by atoms with E-state index >= 15 is 0 Å². The number of rotatable bonds is 6. The first-order chi connectivity index (χ1) is 11.5. The summed E-state index contributed by atoms with van der Waals surface area (Å²) in [5, 5.41) is 3.15. The predicted molar refractivity (Wildman–Crippen MR) is 94.7 cm³/mol. The lowest BCUT2D eigenvalue weighted by atomic mass is 9.86. The van der Waals surface area contributed by atoms with Crippen LogP contribution in [-0.4, -0.2) is 42.6 Å². The molecule has 0 aromatic rings. The van der Waals surface area contributed by atoms with E-state index in [1.165, 1.54) is 32.1 Å². The third kappa shape index (κ3) is 6.70. The fourth-order valence-corrected chi connectivity index (χ4v) is 3.65. The van der Waals surface area contributed by atoms with Gasteiger partial charge in [0.1, 0.15) is 0 Å². The minimum Gasteiger partial charge on any atom is -0.449 e. The molecule has 0 atom stereocenters. The summed E-state index contributed by atoms with van der Waals surface area (Å²) >= 11 is 0. The van der Waals surface area contributed by atoms with Crippen molar-refractivity contribution in [1.29, 1.82) is 0 Å². The van der Waals surface area contributed by atoms with E-state index in [0.717, 1.165) is 25.2 Å². The quantitative estimate of drug-likeness (QED) is 0.803. The van der Waals surface area contributed by atoms with E-state index in [-0.39, 0.29) is 18.0 Å². The molecular formula is C19H34N2O3. The van der Waals surface area contributed by atoms with E-state index in [1.54, 1.807) is 4.90 Å². The largest absolute Gasteiger partial charge is 0.449 e. The monoisotopic (exact) mass is 338 g/mol. The molecule has 2 aliphatic rings. The van der Waals surface area contributed by atoms with Crippen molar-refractivity contribution in [2.75, 3.05) is 19.7 Å². The zero-order valence-electron chi connectivity index (χ0n) is 15.4. The van der Waals surface area contributed by atoms with Gasteiger partial charge in [0.2, 0.25) is 5.91 Å². The van der Waals surface area contributed by atoms with Crippen molar-refractivity contribution in [1.82, 2.24) is 10.2 Å². The van der Waals surface area contributed by atoms with Crippen LogP contribution in [0.2, 0.25) is 0 Å². The molecule has 1 saturated heterocycles. The van der Waals surface area contributed by atoms with E-state index in [2.05, 4.69) is 5.32 Å². The van der Waals surface area contributed by atoms with Crippen LogP contribution in [-0.2, 0) is 9.53 Å². The van der Waals surface area contributed by atoms with Gasteiger partial charge in [0.05, 0.1) is 6.61 Å². The maximum absolute atomic E-state index is 12.1. The second-order valence-corrected chi connectivity index (χ2v) is 7.84. The van der Waals surface area contributed by atoms with Crippen LogP contribution >= 0.6 is 0 Å². The van der Waals surface area contributed by atoms with Crippen LogP contribution in [0.3, 0.4) is 0 Å². The number of carbonyl (C=O) groups is 2. The zero-order chi connectivity index (χ0) is 17.4. The fourth-order valence-electron chi connectivity index (χ4n) is 3.65. The number of hydrogen-bond donors (Lipinski definition) is 1. The van der Waals surface area contributed by atoms with Gasteiger partial charge in [0.25, 0.3) is 0 Å². The van der Waals surface area contributed by atoms with E-state index in [0.29, 0.717) is 32.0 Å². The molecule has 0 radical (unpaired) electrons. The van der Waals surface area contributed by atoms with Crippen LogP contribution in [0.1, 0.15) is 71.6 Å². The molecule has 1 aliphatic carbocycles. The van der Waals surface area contributed by atoms with Crippen LogP contribution in [0.15, 0.2) is 0 Å². The third-order valence-corrected chi connectivity index (χ3v) is 5.16. The Morgan fingerprint density at radius 1 is 1.08 bits per heavy atom. The maximum atomic E-state index is 12.1. The molecule has 5 heteroatoms. The lowest BCUT2D eigenvalue weighted by molar-refractivity contribution is -0.122. The first kappa shape index (κ1) is 19.1. The van der Waals surface area contributed by atoms with Gasteiger partial charge in [-0.25, -0.2) is 4.79 Å². The highest BCUT2D eigenvalue weighted by Gasteiger charge is 2.25. The van der Waals surface area contributed by atoms with Crippen molar-refractivity contribution in [2.45, 2.75) is 77.7 Å². The van der Waals surface area contributed by atoms with Gasteiger partial charge in [-0.15, -0.1) is 0 Å². The van der Waals surface area contributed by atoms with Gasteiger partial charge in [-0.1, -0.05) is 46.0 Å². The number of piperidine rings is 1. The first-order valence-corrected chi connectivity index (χ1v) is 9.75. The number of carbonyl (C=O) groups excluding carboxylic acids is 2. The fraction of sp³-hybridized carbons (Fsp3) is 0.895. The van der Waals surface area contributed by atoms with Gasteiger partial charge in [0, 0.05) is 25.6 Å². The minimum atomic E-state index is -0.217. The summed E-state index contributed by atoms with van der Waals surface area (Å²) in [5.74, 6) is 1.29. The van der Waals surface area contributed by atoms with E-state index in [9.17, 15) is 9.59 Å². The summed E-state index contributed by atoms with van der Waals surface area (Å²) in [6, 6.07) is 0.206. The molecule has 1 N–H and O–H groups in total. The van der Waals surface area contributed by atoms with Crippen molar-refractivity contribution in [2.24, 2.45) is 11.8 Å². The smallest absolute Gasteiger partial charge is 0.409 e. The SMILES string of the molecule is CC(C)COC(=O)N1CCC(NC(=O)CCC2CCCCC2)CC1. The highest BCUT2D eigenvalue weighted by Crippen LogP contribution is 2.27. The Kier molecular flexibility index (Phi) is 7.86. The van der Waals surface area contributed by atoms with Crippen molar-refractivity contribution in [3.8, 4) is 0 Å². The maximum Gasteiger partial charge on any atom is 0.409 e. The van der Waals surface area contributed by atoms with Crippen molar-refractivity contribution in [3.63, 3.8) is 0 Å². The summed E-state index contributed by atoms with van der Waals surface area (Å²) in [4.78, 5) is 25.8. The molecule has 1 aliphatic heterocycles. The van der Waals surface area contributed by atoms with E-state index in [1.807, 2.05) is 13.8 Å². The van der Waals surface area contributed by atoms with Gasteiger partial charge < -0.3 is 15.0 Å². The Hall–Kier alpha value is -1.26. The number of nitrogens with zero attached hydrogens (tertiary/aromatic N) is 1. The normalized spacial score (nSPS) is 20.2. The third-order valence-electron chi connectivity index (χ3n) is 5.16. The molecule has 24 heavy (non-hydrogen) atoms. The lowest BCUT2D eigenvalue weighted by Crippen LogP contribution is -2.46. The van der Waals surface area contributed by atoms with Crippen molar-refractivity contribution in [3.05, 3.63) is 0 Å². The van der Waals surface area contributed by atoms with Gasteiger partial charge in [-0.05, 0) is 31.1 Å². The lowest BCUT2D eigenvalue weighted by Gasteiger charge is -2.32. The molecule has 2 amide bonds. The molecule has 1 heterocycles. The molecule has 2 fully saturated rings. The van der Waals surface area contributed by atoms with Gasteiger partial charge in [-0.3, -0.25) is 4.79 Å². The van der Waals surface area contributed by atoms with E-state index in [4.69, 9.17) is 4.74 Å². The number of nitrogens with one attached hydrogen (secondary N) is 1. The minimum absolute atomic E-state index is 0.182.